The van der Waals surface area contributed by atoms with Crippen molar-refractivity contribution in [2.45, 2.75) is 81.6 Å². The number of halogens is 1. The molecule has 0 spiro atoms. The zero-order valence-corrected chi connectivity index (χ0v) is 23.1. The molecule has 0 radical (unpaired) electrons. The second-order valence-corrected chi connectivity index (χ2v) is 13.4. The maximum Gasteiger partial charge on any atom is 0.349 e. The predicted molar refractivity (Wildman–Crippen MR) is 148 cm³/mol. The first-order valence-corrected chi connectivity index (χ1v) is 14.5. The average Bonchev–Trinajstić information content (AvgIpc) is 3.48. The third-order valence-corrected chi connectivity index (χ3v) is 9.57. The topological polar surface area (TPSA) is 85.4 Å². The van der Waals surface area contributed by atoms with E-state index in [1.54, 1.807) is 6.07 Å². The van der Waals surface area contributed by atoms with Crippen molar-refractivity contribution in [1.82, 2.24) is 4.98 Å². The zero-order valence-electron chi connectivity index (χ0n) is 21.5. The Balaban J connectivity index is 1.47. The number of nitrogens with zero attached hydrogens (tertiary/aromatic N) is 1. The number of nitrogens with two attached hydrogens (primary N) is 1. The molecule has 1 aromatic heterocycles. The van der Waals surface area contributed by atoms with Crippen molar-refractivity contribution >= 4 is 44.4 Å². The molecule has 37 heavy (non-hydrogen) atoms. The highest BCUT2D eigenvalue weighted by atomic mass is 32.2. The number of aliphatic hydroxyl groups is 1. The summed E-state index contributed by atoms with van der Waals surface area (Å²) in [7, 11) is 0. The standard InChI is InChI=1S/C29H33FN2O3S2/c1-28(2,3)20-14-21-24(37-27(31)32-21)15-23(20)36-25-22(33)16-29(35-26(25)34,18-8-4-5-9-18)12-11-17-7-6-10-19(30)13-17/h6-7,10,13-15,18,33H,4-5,8-9,11-12,16H2,1-3H3,(H2,31,32)/t29-/m0/s1. The van der Waals surface area contributed by atoms with Crippen molar-refractivity contribution < 1.29 is 19.0 Å². The molecule has 0 unspecified atom stereocenters. The largest absolute Gasteiger partial charge is 0.511 e. The summed E-state index contributed by atoms with van der Waals surface area (Å²) >= 11 is 2.66. The number of aliphatic hydroxyl groups excluding tert-OH is 1. The molecule has 2 aliphatic rings. The van der Waals surface area contributed by atoms with Crippen molar-refractivity contribution in [1.29, 1.82) is 0 Å². The highest BCUT2D eigenvalue weighted by Crippen LogP contribution is 2.49. The van der Waals surface area contributed by atoms with E-state index in [1.165, 1.54) is 35.2 Å². The van der Waals surface area contributed by atoms with E-state index in [-0.39, 0.29) is 34.2 Å². The van der Waals surface area contributed by atoms with Gasteiger partial charge in [0.05, 0.1) is 10.2 Å². The smallest absolute Gasteiger partial charge is 0.349 e. The van der Waals surface area contributed by atoms with Crippen molar-refractivity contribution in [2.24, 2.45) is 5.92 Å². The quantitative estimate of drug-likeness (QED) is 0.312. The number of cyclic esters (lactones) is 1. The van der Waals surface area contributed by atoms with Crippen LogP contribution < -0.4 is 5.73 Å². The second-order valence-electron chi connectivity index (χ2n) is 11.2. The van der Waals surface area contributed by atoms with E-state index in [0.717, 1.165) is 51.9 Å². The third kappa shape index (κ3) is 5.36. The summed E-state index contributed by atoms with van der Waals surface area (Å²) < 4.78 is 21.0. The molecule has 0 bridgehead atoms. The molecule has 5 nitrogen and oxygen atoms in total. The zero-order chi connectivity index (χ0) is 26.4. The Morgan fingerprint density at radius 3 is 2.68 bits per heavy atom. The van der Waals surface area contributed by atoms with E-state index < -0.39 is 11.6 Å². The number of hydrogen-bond acceptors (Lipinski definition) is 7. The molecule has 0 amide bonds. The molecule has 2 heterocycles. The molecular formula is C29H33FN2O3S2. The van der Waals surface area contributed by atoms with Crippen LogP contribution in [-0.4, -0.2) is 21.7 Å². The summed E-state index contributed by atoms with van der Waals surface area (Å²) in [5, 5.41) is 11.8. The van der Waals surface area contributed by atoms with E-state index in [0.29, 0.717) is 18.0 Å². The first-order valence-electron chi connectivity index (χ1n) is 12.8. The van der Waals surface area contributed by atoms with Crippen LogP contribution in [-0.2, 0) is 21.4 Å². The predicted octanol–water partition coefficient (Wildman–Crippen LogP) is 7.69. The minimum absolute atomic E-state index is 0.0798. The van der Waals surface area contributed by atoms with Crippen molar-refractivity contribution in [2.75, 3.05) is 5.73 Å². The van der Waals surface area contributed by atoms with Crippen LogP contribution in [0.4, 0.5) is 9.52 Å². The van der Waals surface area contributed by atoms with Crippen molar-refractivity contribution in [3.05, 3.63) is 64.0 Å². The number of aromatic nitrogens is 1. The molecule has 1 fully saturated rings. The van der Waals surface area contributed by atoms with Crippen molar-refractivity contribution in [3.63, 3.8) is 0 Å². The first kappa shape index (κ1) is 26.0. The lowest BCUT2D eigenvalue weighted by Crippen LogP contribution is -2.45. The van der Waals surface area contributed by atoms with Gasteiger partial charge in [0.25, 0.3) is 0 Å². The number of rotatable bonds is 6. The number of thiazole rings is 1. The Morgan fingerprint density at radius 2 is 2.00 bits per heavy atom. The van der Waals surface area contributed by atoms with Gasteiger partial charge in [-0.1, -0.05) is 68.8 Å². The van der Waals surface area contributed by atoms with Crippen LogP contribution in [0.2, 0.25) is 0 Å². The van der Waals surface area contributed by atoms with Crippen LogP contribution in [0.3, 0.4) is 0 Å². The first-order chi connectivity index (χ1) is 17.5. The summed E-state index contributed by atoms with van der Waals surface area (Å²) in [5.41, 5.74) is 7.69. The number of carbonyl (C=O) groups is 1. The van der Waals surface area contributed by atoms with Gasteiger partial charge in [-0.3, -0.25) is 0 Å². The fourth-order valence-corrected chi connectivity index (χ4v) is 7.69. The Morgan fingerprint density at radius 1 is 1.24 bits per heavy atom. The number of thioether (sulfide) groups is 1. The maximum absolute atomic E-state index is 13.8. The third-order valence-electron chi connectivity index (χ3n) is 7.56. The van der Waals surface area contributed by atoms with E-state index >= 15 is 0 Å². The van der Waals surface area contributed by atoms with Crippen LogP contribution in [0.25, 0.3) is 10.2 Å². The van der Waals surface area contributed by atoms with Crippen LogP contribution >= 0.6 is 23.1 Å². The van der Waals surface area contributed by atoms with Gasteiger partial charge in [0.15, 0.2) is 5.13 Å². The van der Waals surface area contributed by atoms with E-state index in [1.807, 2.05) is 18.2 Å². The summed E-state index contributed by atoms with van der Waals surface area (Å²) in [4.78, 5) is 19.1. The lowest BCUT2D eigenvalue weighted by atomic mass is 9.77. The minimum atomic E-state index is -0.781. The molecule has 1 aliphatic heterocycles. The molecule has 1 saturated carbocycles. The Kier molecular flexibility index (Phi) is 7.00. The highest BCUT2D eigenvalue weighted by Gasteiger charge is 2.48. The molecule has 5 rings (SSSR count). The molecule has 3 N–H and O–H groups in total. The lowest BCUT2D eigenvalue weighted by Gasteiger charge is -2.41. The monoisotopic (exact) mass is 540 g/mol. The van der Waals surface area contributed by atoms with Crippen LogP contribution in [0.1, 0.15) is 70.4 Å². The average molecular weight is 541 g/mol. The number of aryl methyl sites for hydroxylation is 1. The second kappa shape index (κ2) is 9.95. The van der Waals surface area contributed by atoms with Crippen molar-refractivity contribution in [3.8, 4) is 0 Å². The molecule has 2 aromatic carbocycles. The molecule has 3 aromatic rings. The maximum atomic E-state index is 13.8. The van der Waals surface area contributed by atoms with Gasteiger partial charge in [-0.2, -0.15) is 0 Å². The molecule has 8 heteroatoms. The molecular weight excluding hydrogens is 507 g/mol. The Bertz CT molecular complexity index is 1370. The summed E-state index contributed by atoms with van der Waals surface area (Å²) in [5.74, 6) is -0.496. The molecule has 1 aliphatic carbocycles. The lowest BCUT2D eigenvalue weighted by molar-refractivity contribution is -0.166. The number of nitrogen functional groups attached to an aromatic ring is 1. The minimum Gasteiger partial charge on any atom is -0.511 e. The van der Waals surface area contributed by atoms with Gasteiger partial charge in [-0.15, -0.1) is 0 Å². The van der Waals surface area contributed by atoms with E-state index in [4.69, 9.17) is 10.5 Å². The number of carbonyl (C=O) groups excluding carboxylic acids is 1. The van der Waals surface area contributed by atoms with Crippen LogP contribution in [0.5, 0.6) is 0 Å². The summed E-state index contributed by atoms with van der Waals surface area (Å²) in [6.45, 7) is 6.33. The number of esters is 1. The number of ether oxygens (including phenoxy) is 1. The fourth-order valence-electron chi connectivity index (χ4n) is 5.67. The van der Waals surface area contributed by atoms with Crippen LogP contribution in [0.15, 0.2) is 52.0 Å². The fraction of sp³-hybridized carbons (Fsp3) is 0.448. The van der Waals surface area contributed by atoms with Gasteiger partial charge < -0.3 is 15.6 Å². The van der Waals surface area contributed by atoms with Gasteiger partial charge in [0.2, 0.25) is 0 Å². The number of benzene rings is 2. The highest BCUT2D eigenvalue weighted by molar-refractivity contribution is 8.04. The SMILES string of the molecule is CC(C)(C)c1cc2nc(N)sc2cc1SC1=C(O)C[C@@](CCc2cccc(F)c2)(C2CCCC2)OC1=O. The van der Waals surface area contributed by atoms with Crippen LogP contribution in [0, 0.1) is 11.7 Å². The summed E-state index contributed by atoms with van der Waals surface area (Å²) in [6, 6.07) is 10.6. The number of fused-ring (bicyclic) bond motifs is 1. The van der Waals surface area contributed by atoms with Gasteiger partial charge in [-0.25, -0.2) is 14.2 Å². The van der Waals surface area contributed by atoms with Gasteiger partial charge in [0.1, 0.15) is 22.1 Å². The Labute approximate surface area is 225 Å². The summed E-state index contributed by atoms with van der Waals surface area (Å²) in [6.07, 6.45) is 5.50. The van der Waals surface area contributed by atoms with E-state index in [2.05, 4.69) is 25.8 Å². The van der Waals surface area contributed by atoms with E-state index in [9.17, 15) is 14.3 Å². The number of anilines is 1. The molecule has 0 saturated heterocycles. The Hall–Kier alpha value is -2.58. The normalized spacial score (nSPS) is 21.1. The van der Waals surface area contributed by atoms with Gasteiger partial charge in [-0.05, 0) is 72.4 Å². The molecule has 1 atom stereocenters. The number of hydrogen-bond donors (Lipinski definition) is 2. The van der Waals surface area contributed by atoms with Gasteiger partial charge >= 0.3 is 5.97 Å². The molecule has 196 valence electrons. The van der Waals surface area contributed by atoms with Gasteiger partial charge in [0, 0.05) is 11.3 Å².